The van der Waals surface area contributed by atoms with Crippen molar-refractivity contribution in [1.29, 1.82) is 0 Å². The maximum absolute atomic E-state index is 13.4. The van der Waals surface area contributed by atoms with Crippen LogP contribution >= 0.6 is 15.9 Å². The zero-order chi connectivity index (χ0) is 15.4. The van der Waals surface area contributed by atoms with Gasteiger partial charge in [-0.25, -0.2) is 4.39 Å². The van der Waals surface area contributed by atoms with E-state index < -0.39 is 17.7 Å². The lowest BCUT2D eigenvalue weighted by molar-refractivity contribution is -0.136. The molecule has 0 spiro atoms. The smallest absolute Gasteiger partial charge is 0.307 e. The van der Waals surface area contributed by atoms with Gasteiger partial charge >= 0.3 is 5.97 Å². The van der Waals surface area contributed by atoms with Crippen LogP contribution in [0.25, 0.3) is 0 Å². The number of hydrogen-bond donors (Lipinski definition) is 2. The van der Waals surface area contributed by atoms with Crippen molar-refractivity contribution in [1.82, 2.24) is 0 Å². The molecule has 2 aromatic rings. The molecular weight excluding hydrogens is 341 g/mol. The molecule has 0 heterocycles. The number of benzene rings is 2. The van der Waals surface area contributed by atoms with E-state index in [0.717, 1.165) is 6.07 Å². The summed E-state index contributed by atoms with van der Waals surface area (Å²) in [7, 11) is 0. The van der Waals surface area contributed by atoms with Crippen molar-refractivity contribution in [3.8, 4) is 0 Å². The summed E-state index contributed by atoms with van der Waals surface area (Å²) < 4.78 is 13.7. The highest BCUT2D eigenvalue weighted by Gasteiger charge is 2.09. The van der Waals surface area contributed by atoms with E-state index in [1.165, 1.54) is 12.1 Å². The molecular formula is C15H11BrFNO3. The van der Waals surface area contributed by atoms with Crippen LogP contribution in [-0.2, 0) is 11.2 Å². The molecule has 0 aliphatic heterocycles. The second-order valence-electron chi connectivity index (χ2n) is 4.35. The highest BCUT2D eigenvalue weighted by Crippen LogP contribution is 2.18. The van der Waals surface area contributed by atoms with E-state index in [4.69, 9.17) is 5.11 Å². The fourth-order valence-corrected chi connectivity index (χ4v) is 1.97. The van der Waals surface area contributed by atoms with Crippen LogP contribution in [0, 0.1) is 5.82 Å². The van der Waals surface area contributed by atoms with Crippen LogP contribution in [0.1, 0.15) is 15.9 Å². The fourth-order valence-electron chi connectivity index (χ4n) is 1.72. The molecule has 2 N–H and O–H groups in total. The number of aliphatic carboxylic acids is 1. The molecule has 0 unspecified atom stereocenters. The molecule has 0 atom stereocenters. The Morgan fingerprint density at radius 2 is 1.81 bits per heavy atom. The number of carbonyl (C=O) groups excluding carboxylic acids is 1. The quantitative estimate of drug-likeness (QED) is 0.886. The Kier molecular flexibility index (Phi) is 4.70. The summed E-state index contributed by atoms with van der Waals surface area (Å²) in [6.45, 7) is 0. The molecule has 0 fully saturated rings. The average molecular weight is 352 g/mol. The van der Waals surface area contributed by atoms with Crippen LogP contribution in [-0.4, -0.2) is 17.0 Å². The monoisotopic (exact) mass is 351 g/mol. The predicted octanol–water partition coefficient (Wildman–Crippen LogP) is 3.47. The van der Waals surface area contributed by atoms with E-state index in [1.807, 2.05) is 0 Å². The second-order valence-corrected chi connectivity index (χ2v) is 5.20. The Labute approximate surface area is 128 Å². The molecule has 108 valence electrons. The summed E-state index contributed by atoms with van der Waals surface area (Å²) in [5.41, 5.74) is 1.35. The second kappa shape index (κ2) is 6.49. The van der Waals surface area contributed by atoms with Gasteiger partial charge in [0.2, 0.25) is 0 Å². The number of hydrogen-bond acceptors (Lipinski definition) is 2. The number of amides is 1. The van der Waals surface area contributed by atoms with Crippen molar-refractivity contribution in [2.45, 2.75) is 6.42 Å². The Morgan fingerprint density at radius 3 is 2.38 bits per heavy atom. The van der Waals surface area contributed by atoms with Gasteiger partial charge in [-0.15, -0.1) is 0 Å². The number of rotatable bonds is 4. The Bertz CT molecular complexity index is 686. The van der Waals surface area contributed by atoms with Gasteiger partial charge in [-0.1, -0.05) is 12.1 Å². The fraction of sp³-hybridized carbons (Fsp3) is 0.0667. The van der Waals surface area contributed by atoms with Gasteiger partial charge in [-0.2, -0.15) is 0 Å². The molecule has 0 aliphatic rings. The third kappa shape index (κ3) is 4.13. The van der Waals surface area contributed by atoms with Gasteiger partial charge in [0.05, 0.1) is 10.9 Å². The molecule has 0 saturated carbocycles. The molecule has 0 saturated heterocycles. The number of halogens is 2. The lowest BCUT2D eigenvalue weighted by Crippen LogP contribution is -2.12. The van der Waals surface area contributed by atoms with E-state index in [0.29, 0.717) is 11.3 Å². The van der Waals surface area contributed by atoms with E-state index in [2.05, 4.69) is 21.2 Å². The van der Waals surface area contributed by atoms with E-state index in [9.17, 15) is 14.0 Å². The van der Waals surface area contributed by atoms with Crippen molar-refractivity contribution < 1.29 is 19.1 Å². The van der Waals surface area contributed by atoms with Gasteiger partial charge in [0.25, 0.3) is 5.91 Å². The van der Waals surface area contributed by atoms with Crippen LogP contribution in [0.5, 0.6) is 0 Å². The maximum atomic E-state index is 13.4. The van der Waals surface area contributed by atoms with Crippen molar-refractivity contribution in [3.63, 3.8) is 0 Å². The van der Waals surface area contributed by atoms with Gasteiger partial charge in [0.1, 0.15) is 5.82 Å². The topological polar surface area (TPSA) is 66.4 Å². The predicted molar refractivity (Wildman–Crippen MR) is 79.8 cm³/mol. The van der Waals surface area contributed by atoms with Gasteiger partial charge in [-0.3, -0.25) is 9.59 Å². The normalized spacial score (nSPS) is 10.2. The Hall–Kier alpha value is -2.21. The average Bonchev–Trinajstić information content (AvgIpc) is 2.43. The molecule has 4 nitrogen and oxygen atoms in total. The first kappa shape index (κ1) is 15.2. The Morgan fingerprint density at radius 1 is 1.14 bits per heavy atom. The van der Waals surface area contributed by atoms with Crippen molar-refractivity contribution in [2.24, 2.45) is 0 Å². The zero-order valence-electron chi connectivity index (χ0n) is 10.8. The van der Waals surface area contributed by atoms with Gasteiger partial charge < -0.3 is 10.4 Å². The third-order valence-corrected chi connectivity index (χ3v) is 3.39. The summed E-state index contributed by atoms with van der Waals surface area (Å²) in [5.74, 6) is -1.87. The van der Waals surface area contributed by atoms with Crippen LogP contribution in [0.4, 0.5) is 10.1 Å². The maximum Gasteiger partial charge on any atom is 0.307 e. The Balaban J connectivity index is 2.08. The molecule has 21 heavy (non-hydrogen) atoms. The van der Waals surface area contributed by atoms with E-state index >= 15 is 0 Å². The minimum absolute atomic E-state index is 0.0772. The largest absolute Gasteiger partial charge is 0.481 e. The molecule has 0 aromatic heterocycles. The van der Waals surface area contributed by atoms with Crippen molar-refractivity contribution >= 4 is 33.5 Å². The summed E-state index contributed by atoms with van der Waals surface area (Å²) in [5, 5.41) is 11.3. The van der Waals surface area contributed by atoms with E-state index in [1.54, 1.807) is 24.3 Å². The lowest BCUT2D eigenvalue weighted by Gasteiger charge is -2.06. The first-order valence-corrected chi connectivity index (χ1v) is 6.82. The van der Waals surface area contributed by atoms with E-state index in [-0.39, 0.29) is 16.5 Å². The van der Waals surface area contributed by atoms with Crippen LogP contribution < -0.4 is 5.32 Å². The van der Waals surface area contributed by atoms with Crippen LogP contribution in [0.2, 0.25) is 0 Å². The molecule has 1 amide bonds. The highest BCUT2D eigenvalue weighted by molar-refractivity contribution is 9.10. The first-order valence-electron chi connectivity index (χ1n) is 6.03. The number of carboxylic acids is 1. The van der Waals surface area contributed by atoms with Gasteiger partial charge in [-0.05, 0) is 51.8 Å². The summed E-state index contributed by atoms with van der Waals surface area (Å²) in [6.07, 6.45) is -0.0772. The third-order valence-electron chi connectivity index (χ3n) is 2.75. The van der Waals surface area contributed by atoms with Crippen molar-refractivity contribution in [3.05, 3.63) is 63.9 Å². The number of nitrogens with one attached hydrogen (secondary N) is 1. The van der Waals surface area contributed by atoms with Gasteiger partial charge in [0.15, 0.2) is 0 Å². The molecule has 2 rings (SSSR count). The SMILES string of the molecule is O=C(O)Cc1ccc(NC(=O)c2ccc(Br)c(F)c2)cc1. The minimum Gasteiger partial charge on any atom is -0.481 e. The van der Waals surface area contributed by atoms with Crippen LogP contribution in [0.3, 0.4) is 0 Å². The number of anilines is 1. The van der Waals surface area contributed by atoms with Crippen LogP contribution in [0.15, 0.2) is 46.9 Å². The standard InChI is InChI=1S/C15H11BrFNO3/c16-12-6-3-10(8-13(12)17)15(21)18-11-4-1-9(2-5-11)7-14(19)20/h1-6,8H,7H2,(H,18,21)(H,19,20). The highest BCUT2D eigenvalue weighted by atomic mass is 79.9. The molecule has 6 heteroatoms. The molecule has 0 aliphatic carbocycles. The molecule has 0 bridgehead atoms. The first-order chi connectivity index (χ1) is 9.95. The number of carboxylic acid groups (broad SMARTS) is 1. The molecule has 0 radical (unpaired) electrons. The van der Waals surface area contributed by atoms with Gasteiger partial charge in [0, 0.05) is 11.3 Å². The lowest BCUT2D eigenvalue weighted by atomic mass is 10.1. The summed E-state index contributed by atoms with van der Waals surface area (Å²) in [4.78, 5) is 22.5. The summed E-state index contributed by atoms with van der Waals surface area (Å²) in [6, 6.07) is 10.5. The summed E-state index contributed by atoms with van der Waals surface area (Å²) >= 11 is 3.02. The van der Waals surface area contributed by atoms with Crippen molar-refractivity contribution in [2.75, 3.05) is 5.32 Å². The number of carbonyl (C=O) groups is 2. The molecule has 2 aromatic carbocycles. The zero-order valence-corrected chi connectivity index (χ0v) is 12.4. The minimum atomic E-state index is -0.919.